The zero-order valence-corrected chi connectivity index (χ0v) is 8.96. The molecular formula is C11H12F3N3. The van der Waals surface area contributed by atoms with Crippen molar-refractivity contribution in [1.82, 2.24) is 5.43 Å². The second kappa shape index (κ2) is 4.37. The number of halogens is 3. The number of nitrogens with two attached hydrogens (primary N) is 1. The Morgan fingerprint density at radius 1 is 1.35 bits per heavy atom. The van der Waals surface area contributed by atoms with Crippen LogP contribution in [0.1, 0.15) is 30.0 Å². The Balaban J connectivity index is 2.26. The molecule has 1 atom stereocenters. The molecule has 1 aromatic rings. The number of hydrogen-bond acceptors (Lipinski definition) is 3. The maximum absolute atomic E-state index is 12.5. The highest BCUT2D eigenvalue weighted by Crippen LogP contribution is 2.34. The fourth-order valence-corrected chi connectivity index (χ4v) is 1.86. The lowest BCUT2D eigenvalue weighted by Crippen LogP contribution is -2.28. The fraction of sp³-hybridized carbons (Fsp3) is 0.364. The zero-order chi connectivity index (χ0) is 12.5. The molecule has 0 bridgehead atoms. The van der Waals surface area contributed by atoms with Gasteiger partial charge >= 0.3 is 6.18 Å². The van der Waals surface area contributed by atoms with Gasteiger partial charge in [-0.1, -0.05) is 12.1 Å². The lowest BCUT2D eigenvalue weighted by molar-refractivity contribution is -0.137. The van der Waals surface area contributed by atoms with Crippen molar-refractivity contribution in [2.45, 2.75) is 25.1 Å². The first kappa shape index (κ1) is 11.9. The summed E-state index contributed by atoms with van der Waals surface area (Å²) in [6, 6.07) is 5.03. The van der Waals surface area contributed by atoms with Crippen LogP contribution in [0.2, 0.25) is 0 Å². The van der Waals surface area contributed by atoms with Crippen LogP contribution >= 0.6 is 0 Å². The van der Waals surface area contributed by atoms with Gasteiger partial charge in [0, 0.05) is 6.42 Å². The Kier molecular flexibility index (Phi) is 3.06. The molecule has 0 aliphatic carbocycles. The van der Waals surface area contributed by atoms with E-state index in [2.05, 4.69) is 10.4 Å². The highest BCUT2D eigenvalue weighted by atomic mass is 19.4. The van der Waals surface area contributed by atoms with Crippen LogP contribution in [0.5, 0.6) is 0 Å². The number of amidine groups is 1. The monoisotopic (exact) mass is 243 g/mol. The van der Waals surface area contributed by atoms with Crippen LogP contribution in [-0.4, -0.2) is 5.84 Å². The van der Waals surface area contributed by atoms with Crippen LogP contribution in [0.3, 0.4) is 0 Å². The minimum atomic E-state index is -4.31. The van der Waals surface area contributed by atoms with Gasteiger partial charge in [-0.25, -0.2) is 5.84 Å². The van der Waals surface area contributed by atoms with Gasteiger partial charge in [-0.15, -0.1) is 0 Å². The Labute approximate surface area is 96.5 Å². The average molecular weight is 243 g/mol. The van der Waals surface area contributed by atoms with Gasteiger partial charge < -0.3 is 5.43 Å². The number of aliphatic imine (C=N–C) groups is 1. The maximum Gasteiger partial charge on any atom is 0.416 e. The first-order chi connectivity index (χ1) is 8.00. The van der Waals surface area contributed by atoms with Crippen molar-refractivity contribution < 1.29 is 13.2 Å². The molecule has 0 amide bonds. The van der Waals surface area contributed by atoms with E-state index in [-0.39, 0.29) is 6.04 Å². The predicted octanol–water partition coefficient (Wildman–Crippen LogP) is 2.40. The summed E-state index contributed by atoms with van der Waals surface area (Å²) in [5.74, 6) is 5.84. The number of hydrazine groups is 1. The van der Waals surface area contributed by atoms with E-state index in [1.165, 1.54) is 6.07 Å². The summed E-state index contributed by atoms with van der Waals surface area (Å²) in [7, 11) is 0. The fourth-order valence-electron chi connectivity index (χ4n) is 1.86. The molecule has 0 spiro atoms. The SMILES string of the molecule is NNC1=NC(c2cccc(C(F)(F)F)c2)CC1. The van der Waals surface area contributed by atoms with E-state index in [4.69, 9.17) is 5.84 Å². The molecule has 92 valence electrons. The topological polar surface area (TPSA) is 50.4 Å². The summed E-state index contributed by atoms with van der Waals surface area (Å²) < 4.78 is 37.6. The molecule has 0 radical (unpaired) electrons. The third-order valence-corrected chi connectivity index (χ3v) is 2.73. The first-order valence-corrected chi connectivity index (χ1v) is 5.21. The Morgan fingerprint density at radius 3 is 2.71 bits per heavy atom. The van der Waals surface area contributed by atoms with E-state index in [9.17, 15) is 13.2 Å². The smallest absolute Gasteiger partial charge is 0.312 e. The summed E-state index contributed by atoms with van der Waals surface area (Å²) in [6.45, 7) is 0. The van der Waals surface area contributed by atoms with E-state index in [1.807, 2.05) is 0 Å². The second-order valence-corrected chi connectivity index (χ2v) is 3.90. The van der Waals surface area contributed by atoms with Crippen molar-refractivity contribution in [3.05, 3.63) is 35.4 Å². The first-order valence-electron chi connectivity index (χ1n) is 5.21. The van der Waals surface area contributed by atoms with E-state index in [0.29, 0.717) is 24.2 Å². The molecule has 0 aromatic heterocycles. The average Bonchev–Trinajstić information content (AvgIpc) is 2.76. The van der Waals surface area contributed by atoms with E-state index in [1.54, 1.807) is 6.07 Å². The van der Waals surface area contributed by atoms with Gasteiger partial charge in [-0.2, -0.15) is 13.2 Å². The summed E-state index contributed by atoms with van der Waals surface area (Å²) in [5.41, 5.74) is 2.37. The molecule has 17 heavy (non-hydrogen) atoms. The Morgan fingerprint density at radius 2 is 2.12 bits per heavy atom. The Hall–Kier alpha value is -1.56. The number of rotatable bonds is 1. The lowest BCUT2D eigenvalue weighted by Gasteiger charge is -2.11. The molecule has 1 aliphatic heterocycles. The van der Waals surface area contributed by atoms with Crippen molar-refractivity contribution in [2.75, 3.05) is 0 Å². The van der Waals surface area contributed by atoms with Gasteiger partial charge in [-0.3, -0.25) is 4.99 Å². The zero-order valence-electron chi connectivity index (χ0n) is 8.96. The van der Waals surface area contributed by atoms with E-state index >= 15 is 0 Å². The molecule has 6 heteroatoms. The van der Waals surface area contributed by atoms with Gasteiger partial charge in [-0.05, 0) is 24.1 Å². The molecular weight excluding hydrogens is 231 g/mol. The summed E-state index contributed by atoms with van der Waals surface area (Å²) in [4.78, 5) is 4.21. The van der Waals surface area contributed by atoms with Crippen LogP contribution in [0.15, 0.2) is 29.3 Å². The molecule has 0 saturated heterocycles. The molecule has 1 aliphatic rings. The largest absolute Gasteiger partial charge is 0.416 e. The Bertz CT molecular complexity index is 440. The third kappa shape index (κ3) is 2.58. The van der Waals surface area contributed by atoms with Crippen molar-refractivity contribution >= 4 is 5.84 Å². The molecule has 1 aromatic carbocycles. The standard InChI is InChI=1S/C11H12F3N3/c12-11(13,14)8-3-1-2-7(6-8)9-4-5-10(16-9)17-15/h1-3,6,9H,4-5,15H2,(H,16,17). The molecule has 0 saturated carbocycles. The van der Waals surface area contributed by atoms with Crippen LogP contribution in [0, 0.1) is 0 Å². The van der Waals surface area contributed by atoms with Gasteiger partial charge in [0.1, 0.15) is 5.84 Å². The molecule has 3 N–H and O–H groups in total. The predicted molar refractivity (Wildman–Crippen MR) is 58.2 cm³/mol. The van der Waals surface area contributed by atoms with Crippen LogP contribution in [-0.2, 0) is 6.18 Å². The van der Waals surface area contributed by atoms with E-state index < -0.39 is 11.7 Å². The molecule has 3 nitrogen and oxygen atoms in total. The number of nitrogens with zero attached hydrogens (tertiary/aromatic N) is 1. The molecule has 1 heterocycles. The van der Waals surface area contributed by atoms with Gasteiger partial charge in [0.25, 0.3) is 0 Å². The lowest BCUT2D eigenvalue weighted by atomic mass is 10.0. The van der Waals surface area contributed by atoms with Gasteiger partial charge in [0.2, 0.25) is 0 Å². The second-order valence-electron chi connectivity index (χ2n) is 3.90. The molecule has 1 unspecified atom stereocenters. The molecule has 0 fully saturated rings. The van der Waals surface area contributed by atoms with E-state index in [0.717, 1.165) is 12.1 Å². The summed E-state index contributed by atoms with van der Waals surface area (Å²) >= 11 is 0. The van der Waals surface area contributed by atoms with Gasteiger partial charge in [0.15, 0.2) is 0 Å². The van der Waals surface area contributed by atoms with Crippen molar-refractivity contribution in [3.63, 3.8) is 0 Å². The van der Waals surface area contributed by atoms with Crippen molar-refractivity contribution in [2.24, 2.45) is 10.8 Å². The number of benzene rings is 1. The summed E-state index contributed by atoms with van der Waals surface area (Å²) in [6.07, 6.45) is -2.97. The highest BCUT2D eigenvalue weighted by molar-refractivity contribution is 5.83. The molecule has 2 rings (SSSR count). The van der Waals surface area contributed by atoms with Crippen LogP contribution in [0.25, 0.3) is 0 Å². The minimum Gasteiger partial charge on any atom is -0.312 e. The quantitative estimate of drug-likeness (QED) is 0.587. The van der Waals surface area contributed by atoms with Crippen LogP contribution < -0.4 is 11.3 Å². The van der Waals surface area contributed by atoms with Crippen molar-refractivity contribution in [1.29, 1.82) is 0 Å². The minimum absolute atomic E-state index is 0.233. The summed E-state index contributed by atoms with van der Waals surface area (Å²) in [5, 5.41) is 0. The third-order valence-electron chi connectivity index (χ3n) is 2.73. The maximum atomic E-state index is 12.5. The van der Waals surface area contributed by atoms with Gasteiger partial charge in [0.05, 0.1) is 11.6 Å². The van der Waals surface area contributed by atoms with Crippen LogP contribution in [0.4, 0.5) is 13.2 Å². The van der Waals surface area contributed by atoms with Crippen molar-refractivity contribution in [3.8, 4) is 0 Å². The normalized spacial score (nSPS) is 20.2. The number of nitrogens with one attached hydrogen (secondary N) is 1. The highest BCUT2D eigenvalue weighted by Gasteiger charge is 2.31. The number of hydrogen-bond donors (Lipinski definition) is 2. The number of alkyl halides is 3.